The number of halogens is 3. The van der Waals surface area contributed by atoms with Gasteiger partial charge in [-0.1, -0.05) is 5.16 Å². The van der Waals surface area contributed by atoms with Crippen LogP contribution in [0.5, 0.6) is 0 Å². The second-order valence-corrected chi connectivity index (χ2v) is 4.49. The van der Waals surface area contributed by atoms with E-state index in [1.165, 1.54) is 19.3 Å². The normalized spacial score (nSPS) is 13.0. The standard InChI is InChI=1S/C13H12F3N3O3/c1-7(20)11-9(12(21)18-6-13(14,15)16)10(19-22-11)8-3-2-4-17-5-8/h2-5,7,20H,6H2,1H3,(H,18,21). The third-order valence-electron chi connectivity index (χ3n) is 2.71. The summed E-state index contributed by atoms with van der Waals surface area (Å²) in [4.78, 5) is 15.9. The van der Waals surface area contributed by atoms with Gasteiger partial charge in [-0.3, -0.25) is 9.78 Å². The first kappa shape index (κ1) is 16.0. The zero-order valence-electron chi connectivity index (χ0n) is 11.4. The van der Waals surface area contributed by atoms with E-state index in [0.717, 1.165) is 0 Å². The van der Waals surface area contributed by atoms with E-state index in [-0.39, 0.29) is 17.0 Å². The summed E-state index contributed by atoms with van der Waals surface area (Å²) in [5.74, 6) is -1.24. The summed E-state index contributed by atoms with van der Waals surface area (Å²) in [5, 5.41) is 15.0. The number of hydrogen-bond donors (Lipinski definition) is 2. The molecule has 2 heterocycles. The van der Waals surface area contributed by atoms with Gasteiger partial charge in [-0.25, -0.2) is 0 Å². The Hall–Kier alpha value is -2.42. The maximum Gasteiger partial charge on any atom is 0.405 e. The molecule has 0 saturated heterocycles. The van der Waals surface area contributed by atoms with Crippen LogP contribution in [0.15, 0.2) is 29.0 Å². The van der Waals surface area contributed by atoms with Crippen molar-refractivity contribution in [1.29, 1.82) is 0 Å². The van der Waals surface area contributed by atoms with E-state index in [4.69, 9.17) is 4.52 Å². The molecular weight excluding hydrogens is 303 g/mol. The van der Waals surface area contributed by atoms with Crippen molar-refractivity contribution in [2.45, 2.75) is 19.2 Å². The van der Waals surface area contributed by atoms with Crippen LogP contribution in [0.1, 0.15) is 29.1 Å². The number of rotatable bonds is 4. The zero-order chi connectivity index (χ0) is 16.3. The maximum absolute atomic E-state index is 12.2. The van der Waals surface area contributed by atoms with Crippen LogP contribution in [0.3, 0.4) is 0 Å². The first-order chi connectivity index (χ1) is 10.3. The van der Waals surface area contributed by atoms with Gasteiger partial charge in [0, 0.05) is 18.0 Å². The Balaban J connectivity index is 2.39. The van der Waals surface area contributed by atoms with Gasteiger partial charge in [-0.05, 0) is 19.1 Å². The number of nitrogens with one attached hydrogen (secondary N) is 1. The molecule has 2 rings (SSSR count). The van der Waals surface area contributed by atoms with Gasteiger partial charge in [0.25, 0.3) is 5.91 Å². The van der Waals surface area contributed by atoms with Crippen molar-refractivity contribution in [2.75, 3.05) is 6.54 Å². The molecule has 0 saturated carbocycles. The van der Waals surface area contributed by atoms with Crippen LogP contribution < -0.4 is 5.32 Å². The molecule has 1 amide bonds. The van der Waals surface area contributed by atoms with Gasteiger partial charge in [0.15, 0.2) is 5.76 Å². The van der Waals surface area contributed by atoms with Gasteiger partial charge < -0.3 is 14.9 Å². The van der Waals surface area contributed by atoms with Crippen LogP contribution in [0, 0.1) is 0 Å². The number of aliphatic hydroxyl groups excluding tert-OH is 1. The second-order valence-electron chi connectivity index (χ2n) is 4.49. The molecule has 2 N–H and O–H groups in total. The van der Waals surface area contributed by atoms with Crippen molar-refractivity contribution in [1.82, 2.24) is 15.5 Å². The number of hydrogen-bond acceptors (Lipinski definition) is 5. The van der Waals surface area contributed by atoms with Crippen LogP contribution in [0.25, 0.3) is 11.3 Å². The minimum absolute atomic E-state index is 0.0173. The molecule has 6 nitrogen and oxygen atoms in total. The summed E-state index contributed by atoms with van der Waals surface area (Å²) in [6.45, 7) is -0.184. The summed E-state index contributed by atoms with van der Waals surface area (Å²) in [6.07, 6.45) is -2.89. The number of nitrogens with zero attached hydrogens (tertiary/aromatic N) is 2. The lowest BCUT2D eigenvalue weighted by Crippen LogP contribution is -2.34. The lowest BCUT2D eigenvalue weighted by molar-refractivity contribution is -0.123. The molecular formula is C13H12F3N3O3. The molecule has 0 aliphatic rings. The predicted octanol–water partition coefficient (Wildman–Crippen LogP) is 2.08. The van der Waals surface area contributed by atoms with Crippen molar-refractivity contribution in [2.24, 2.45) is 0 Å². The van der Waals surface area contributed by atoms with Crippen LogP contribution in [-0.4, -0.2) is 33.9 Å². The molecule has 9 heteroatoms. The molecule has 0 bridgehead atoms. The fraction of sp³-hybridized carbons (Fsp3) is 0.308. The number of carbonyl (C=O) groups excluding carboxylic acids is 1. The van der Waals surface area contributed by atoms with Crippen molar-refractivity contribution in [3.05, 3.63) is 35.9 Å². The Kier molecular flexibility index (Phi) is 4.45. The van der Waals surface area contributed by atoms with Gasteiger partial charge in [0.2, 0.25) is 0 Å². The van der Waals surface area contributed by atoms with Gasteiger partial charge >= 0.3 is 6.18 Å². The molecule has 0 aromatic carbocycles. The van der Waals surface area contributed by atoms with Crippen LogP contribution in [-0.2, 0) is 0 Å². The van der Waals surface area contributed by atoms with Crippen LogP contribution in [0.2, 0.25) is 0 Å². The maximum atomic E-state index is 12.2. The third kappa shape index (κ3) is 3.61. The zero-order valence-corrected chi connectivity index (χ0v) is 11.4. The second kappa shape index (κ2) is 6.14. The lowest BCUT2D eigenvalue weighted by atomic mass is 10.0. The van der Waals surface area contributed by atoms with E-state index in [2.05, 4.69) is 10.1 Å². The molecule has 22 heavy (non-hydrogen) atoms. The minimum atomic E-state index is -4.55. The molecule has 0 fully saturated rings. The number of carbonyl (C=O) groups is 1. The highest BCUT2D eigenvalue weighted by atomic mass is 19.4. The summed E-state index contributed by atoms with van der Waals surface area (Å²) >= 11 is 0. The van der Waals surface area contributed by atoms with Gasteiger partial charge in [0.05, 0.1) is 0 Å². The monoisotopic (exact) mass is 315 g/mol. The molecule has 1 atom stereocenters. The quantitative estimate of drug-likeness (QED) is 0.902. The van der Waals surface area contributed by atoms with E-state index < -0.39 is 24.7 Å². The van der Waals surface area contributed by atoms with E-state index in [0.29, 0.717) is 5.56 Å². The average Bonchev–Trinajstić information content (AvgIpc) is 2.90. The fourth-order valence-electron chi connectivity index (χ4n) is 1.78. The highest BCUT2D eigenvalue weighted by Crippen LogP contribution is 2.28. The largest absolute Gasteiger partial charge is 0.405 e. The van der Waals surface area contributed by atoms with Crippen molar-refractivity contribution < 1.29 is 27.6 Å². The summed E-state index contributed by atoms with van der Waals surface area (Å²) in [6, 6.07) is 3.14. The topological polar surface area (TPSA) is 88.2 Å². The van der Waals surface area contributed by atoms with Crippen molar-refractivity contribution in [3.8, 4) is 11.3 Å². The minimum Gasteiger partial charge on any atom is -0.385 e. The molecule has 0 radical (unpaired) electrons. The summed E-state index contributed by atoms with van der Waals surface area (Å²) in [7, 11) is 0. The fourth-order valence-corrected chi connectivity index (χ4v) is 1.78. The van der Waals surface area contributed by atoms with Crippen LogP contribution >= 0.6 is 0 Å². The van der Waals surface area contributed by atoms with E-state index in [1.807, 2.05) is 0 Å². The predicted molar refractivity (Wildman–Crippen MR) is 68.8 cm³/mol. The Morgan fingerprint density at radius 1 is 1.50 bits per heavy atom. The molecule has 2 aromatic rings. The first-order valence-electron chi connectivity index (χ1n) is 6.22. The molecule has 0 aliphatic heterocycles. The molecule has 1 unspecified atom stereocenters. The number of aromatic nitrogens is 2. The number of alkyl halides is 3. The molecule has 0 spiro atoms. The first-order valence-corrected chi connectivity index (χ1v) is 6.22. The Labute approximate surface area is 123 Å². The SMILES string of the molecule is CC(O)c1onc(-c2cccnc2)c1C(=O)NCC(F)(F)F. The highest BCUT2D eigenvalue weighted by Gasteiger charge is 2.31. The molecule has 2 aromatic heterocycles. The van der Waals surface area contributed by atoms with E-state index >= 15 is 0 Å². The van der Waals surface area contributed by atoms with Gasteiger partial charge in [-0.15, -0.1) is 0 Å². The smallest absolute Gasteiger partial charge is 0.385 e. The van der Waals surface area contributed by atoms with E-state index in [1.54, 1.807) is 17.4 Å². The van der Waals surface area contributed by atoms with Crippen molar-refractivity contribution in [3.63, 3.8) is 0 Å². The number of aliphatic hydroxyl groups is 1. The third-order valence-corrected chi connectivity index (χ3v) is 2.71. The highest BCUT2D eigenvalue weighted by molar-refractivity contribution is 6.00. The van der Waals surface area contributed by atoms with Gasteiger partial charge in [-0.2, -0.15) is 13.2 Å². The molecule has 0 aliphatic carbocycles. The van der Waals surface area contributed by atoms with Crippen LogP contribution in [0.4, 0.5) is 13.2 Å². The number of pyridine rings is 1. The lowest BCUT2D eigenvalue weighted by Gasteiger charge is -2.09. The van der Waals surface area contributed by atoms with E-state index in [9.17, 15) is 23.1 Å². The Morgan fingerprint density at radius 3 is 2.77 bits per heavy atom. The summed E-state index contributed by atoms with van der Waals surface area (Å²) in [5.41, 5.74) is 0.159. The average molecular weight is 315 g/mol. The van der Waals surface area contributed by atoms with Crippen molar-refractivity contribution >= 4 is 5.91 Å². The van der Waals surface area contributed by atoms with Gasteiger partial charge in [0.1, 0.15) is 23.9 Å². The Morgan fingerprint density at radius 2 is 2.23 bits per heavy atom. The summed E-state index contributed by atoms with van der Waals surface area (Å²) < 4.78 is 41.6. The molecule has 118 valence electrons. The number of amides is 1. The Bertz CT molecular complexity index is 654.